The van der Waals surface area contributed by atoms with Crippen molar-refractivity contribution in [2.45, 2.75) is 149 Å². The summed E-state index contributed by atoms with van der Waals surface area (Å²) in [6.45, 7) is 12.1. The molecule has 0 saturated heterocycles. The van der Waals surface area contributed by atoms with Gasteiger partial charge in [-0.05, 0) is 37.1 Å². The Morgan fingerprint density at radius 2 is 0.882 bits per heavy atom. The van der Waals surface area contributed by atoms with Crippen LogP contribution in [0.5, 0.6) is 0 Å². The Balaban J connectivity index is 2.22. The predicted octanol–water partition coefficient (Wildman–Crippen LogP) is 11.0. The number of benzene rings is 1. The molecule has 1 rings (SSSR count). The highest BCUT2D eigenvalue weighted by atomic mass is 15.1. The summed E-state index contributed by atoms with van der Waals surface area (Å²) in [7, 11) is 0. The van der Waals surface area contributed by atoms with Crippen LogP contribution in [0.15, 0.2) is 30.8 Å². The van der Waals surface area contributed by atoms with E-state index in [-0.39, 0.29) is 0 Å². The highest BCUT2D eigenvalue weighted by molar-refractivity contribution is 5.47. The van der Waals surface area contributed by atoms with Gasteiger partial charge in [0.25, 0.3) is 0 Å². The Kier molecular flexibility index (Phi) is 21.5. The highest BCUT2D eigenvalue weighted by Crippen LogP contribution is 2.15. The van der Waals surface area contributed by atoms with E-state index in [2.05, 4.69) is 49.6 Å². The smallest absolute Gasteiger partial charge is 0.0233 e. The topological polar surface area (TPSA) is 3.24 Å². The Labute approximate surface area is 214 Å². The molecule has 34 heavy (non-hydrogen) atoms. The van der Waals surface area contributed by atoms with E-state index in [4.69, 9.17) is 0 Å². The van der Waals surface area contributed by atoms with E-state index in [1.165, 1.54) is 153 Å². The molecular weight excluding hydrogens is 410 g/mol. The summed E-state index contributed by atoms with van der Waals surface area (Å²) in [5.74, 6) is 0. The molecule has 196 valence electrons. The van der Waals surface area contributed by atoms with Gasteiger partial charge >= 0.3 is 0 Å². The van der Waals surface area contributed by atoms with Gasteiger partial charge in [0.05, 0.1) is 0 Å². The van der Waals surface area contributed by atoms with E-state index >= 15 is 0 Å². The van der Waals surface area contributed by atoms with Crippen molar-refractivity contribution in [1.29, 1.82) is 0 Å². The minimum Gasteiger partial charge on any atom is -0.299 e. The number of hydrogen-bond donors (Lipinski definition) is 0. The van der Waals surface area contributed by atoms with Crippen LogP contribution in [0.4, 0.5) is 0 Å². The monoisotopic (exact) mass is 469 g/mol. The van der Waals surface area contributed by atoms with Crippen LogP contribution in [-0.4, -0.2) is 18.0 Å². The van der Waals surface area contributed by atoms with Crippen molar-refractivity contribution in [3.05, 3.63) is 42.0 Å². The molecule has 0 N–H and O–H groups in total. The van der Waals surface area contributed by atoms with Crippen molar-refractivity contribution in [1.82, 2.24) is 4.90 Å². The van der Waals surface area contributed by atoms with Gasteiger partial charge in [-0.1, -0.05) is 166 Å². The van der Waals surface area contributed by atoms with Gasteiger partial charge in [0, 0.05) is 6.54 Å². The summed E-state index contributed by atoms with van der Waals surface area (Å²) in [4.78, 5) is 2.72. The molecule has 0 amide bonds. The molecule has 0 fully saturated rings. The molecule has 0 aliphatic heterocycles. The van der Waals surface area contributed by atoms with E-state index < -0.39 is 0 Å². The Morgan fingerprint density at radius 1 is 0.529 bits per heavy atom. The van der Waals surface area contributed by atoms with E-state index in [9.17, 15) is 0 Å². The number of nitrogens with zero attached hydrogens (tertiary/aromatic N) is 1. The molecule has 0 atom stereocenters. The highest BCUT2D eigenvalue weighted by Gasteiger charge is 2.06. The lowest BCUT2D eigenvalue weighted by molar-refractivity contribution is 0.252. The van der Waals surface area contributed by atoms with Gasteiger partial charge in [-0.3, -0.25) is 4.90 Å². The third kappa shape index (κ3) is 18.3. The molecule has 0 unspecified atom stereocenters. The molecule has 1 aromatic carbocycles. The molecule has 0 radical (unpaired) electrons. The van der Waals surface area contributed by atoms with Crippen molar-refractivity contribution in [3.8, 4) is 0 Å². The third-order valence-electron chi connectivity index (χ3n) is 7.28. The van der Waals surface area contributed by atoms with Crippen molar-refractivity contribution >= 4 is 6.08 Å². The fraction of sp³-hybridized carbons (Fsp3) is 0.758. The quantitative estimate of drug-likeness (QED) is 0.129. The maximum absolute atomic E-state index is 3.89. The second kappa shape index (κ2) is 23.7. The number of rotatable bonds is 25. The minimum absolute atomic E-state index is 1.10. The molecule has 0 bridgehead atoms. The van der Waals surface area contributed by atoms with Crippen molar-refractivity contribution in [3.63, 3.8) is 0 Å². The molecule has 0 aliphatic carbocycles. The summed E-state index contributed by atoms with van der Waals surface area (Å²) in [6, 6.07) is 9.01. The molecular formula is C33H59N. The van der Waals surface area contributed by atoms with Gasteiger partial charge in [-0.2, -0.15) is 0 Å². The Hall–Kier alpha value is -1.08. The average molecular weight is 470 g/mol. The minimum atomic E-state index is 1.10. The summed E-state index contributed by atoms with van der Waals surface area (Å²) >= 11 is 0. The second-order valence-corrected chi connectivity index (χ2v) is 10.6. The molecule has 1 aromatic rings. The lowest BCUT2D eigenvalue weighted by Crippen LogP contribution is -2.25. The van der Waals surface area contributed by atoms with Crippen LogP contribution in [0, 0.1) is 0 Å². The van der Waals surface area contributed by atoms with E-state index in [0.717, 1.165) is 6.54 Å². The van der Waals surface area contributed by atoms with Crippen molar-refractivity contribution < 1.29 is 0 Å². The second-order valence-electron chi connectivity index (χ2n) is 10.6. The Morgan fingerprint density at radius 3 is 1.24 bits per heavy atom. The van der Waals surface area contributed by atoms with Gasteiger partial charge < -0.3 is 0 Å². The fourth-order valence-corrected chi connectivity index (χ4v) is 4.93. The summed E-state index contributed by atoms with van der Waals surface area (Å²) in [5.41, 5.74) is 2.67. The van der Waals surface area contributed by atoms with Gasteiger partial charge in [-0.25, -0.2) is 0 Å². The molecule has 0 saturated carbocycles. The molecule has 0 heterocycles. The first-order valence-corrected chi connectivity index (χ1v) is 15.2. The number of hydrogen-bond acceptors (Lipinski definition) is 1. The van der Waals surface area contributed by atoms with Crippen LogP contribution in [0.25, 0.3) is 6.08 Å². The van der Waals surface area contributed by atoms with Crippen molar-refractivity contribution in [2.24, 2.45) is 0 Å². The fourth-order valence-electron chi connectivity index (χ4n) is 4.93. The van der Waals surface area contributed by atoms with Crippen LogP contribution < -0.4 is 0 Å². The summed E-state index contributed by atoms with van der Waals surface area (Å²) in [6.07, 6.45) is 30.3. The van der Waals surface area contributed by atoms with Gasteiger partial charge in [0.1, 0.15) is 0 Å². The zero-order valence-electron chi connectivity index (χ0n) is 23.3. The van der Waals surface area contributed by atoms with Crippen LogP contribution >= 0.6 is 0 Å². The van der Waals surface area contributed by atoms with Crippen molar-refractivity contribution in [2.75, 3.05) is 13.1 Å². The lowest BCUT2D eigenvalue weighted by atomic mass is 10.1. The molecule has 1 nitrogen and oxygen atoms in total. The Bertz CT molecular complexity index is 522. The number of unbranched alkanes of at least 4 members (excludes halogenated alkanes) is 18. The third-order valence-corrected chi connectivity index (χ3v) is 7.28. The SMILES string of the molecule is C=Cc1ccc(CN(CCCCCCCCCCCC)CCCCCCCCCCCC)cc1. The first kappa shape index (κ1) is 31.0. The normalized spacial score (nSPS) is 11.4. The van der Waals surface area contributed by atoms with Crippen LogP contribution in [-0.2, 0) is 6.54 Å². The van der Waals surface area contributed by atoms with Gasteiger partial charge in [0.15, 0.2) is 0 Å². The summed E-state index contributed by atoms with van der Waals surface area (Å²) < 4.78 is 0. The van der Waals surface area contributed by atoms with Crippen LogP contribution in [0.3, 0.4) is 0 Å². The van der Waals surface area contributed by atoms with E-state index in [1.54, 1.807) is 0 Å². The largest absolute Gasteiger partial charge is 0.299 e. The standard InChI is InChI=1S/C33H59N/c1-4-7-9-11-13-15-17-19-21-23-29-34(31-33-27-25-32(6-3)26-28-33)30-24-22-20-18-16-14-12-10-8-5-2/h6,25-28H,3-5,7-24,29-31H2,1-2H3. The van der Waals surface area contributed by atoms with Crippen LogP contribution in [0.1, 0.15) is 153 Å². The lowest BCUT2D eigenvalue weighted by Gasteiger charge is -2.22. The van der Waals surface area contributed by atoms with Crippen LogP contribution in [0.2, 0.25) is 0 Å². The maximum Gasteiger partial charge on any atom is 0.0233 e. The molecule has 0 aliphatic rings. The zero-order chi connectivity index (χ0) is 24.5. The first-order valence-electron chi connectivity index (χ1n) is 15.2. The van der Waals surface area contributed by atoms with Gasteiger partial charge in [-0.15, -0.1) is 0 Å². The van der Waals surface area contributed by atoms with Gasteiger partial charge in [0.2, 0.25) is 0 Å². The predicted molar refractivity (Wildman–Crippen MR) is 155 cm³/mol. The summed E-state index contributed by atoms with van der Waals surface area (Å²) in [5, 5.41) is 0. The average Bonchev–Trinajstić information content (AvgIpc) is 2.86. The molecule has 0 spiro atoms. The first-order chi connectivity index (χ1) is 16.8. The molecule has 1 heteroatoms. The van der Waals surface area contributed by atoms with E-state index in [0.29, 0.717) is 0 Å². The zero-order valence-corrected chi connectivity index (χ0v) is 23.3. The van der Waals surface area contributed by atoms with E-state index in [1.807, 2.05) is 6.08 Å². The maximum atomic E-state index is 3.89. The molecule has 0 aromatic heterocycles.